The number of rotatable bonds is 2. The van der Waals surface area contributed by atoms with Crippen molar-refractivity contribution in [2.75, 3.05) is 0 Å². The molecule has 5 N–H and O–H groups in total. The quantitative estimate of drug-likeness (QED) is 0.521. The van der Waals surface area contributed by atoms with Crippen LogP contribution in [-0.2, 0) is 0 Å². The number of hydrogen-bond acceptors (Lipinski definition) is 5. The van der Waals surface area contributed by atoms with Gasteiger partial charge in [0.05, 0.1) is 17.1 Å². The van der Waals surface area contributed by atoms with Gasteiger partial charge in [0, 0.05) is 16.5 Å². The molecule has 0 radical (unpaired) electrons. The van der Waals surface area contributed by atoms with Crippen molar-refractivity contribution in [1.29, 1.82) is 0 Å². The van der Waals surface area contributed by atoms with Crippen molar-refractivity contribution in [2.45, 2.75) is 18.5 Å². The summed E-state index contributed by atoms with van der Waals surface area (Å²) in [5.41, 5.74) is 3.88. The molecule has 0 bridgehead atoms. The highest BCUT2D eigenvalue weighted by atomic mass is 79.9. The SMILES string of the molecule is NNC1=NC(c2cccc(Br)c2)CC(c2cccc(Cl)c2F)N1N. The van der Waals surface area contributed by atoms with Crippen LogP contribution in [0.4, 0.5) is 4.39 Å². The summed E-state index contributed by atoms with van der Waals surface area (Å²) in [6.45, 7) is 0. The zero-order chi connectivity index (χ0) is 17.3. The Bertz CT molecular complexity index is 785. The van der Waals surface area contributed by atoms with Gasteiger partial charge >= 0.3 is 0 Å². The lowest BCUT2D eigenvalue weighted by Gasteiger charge is -2.36. The number of hydrazine groups is 2. The van der Waals surface area contributed by atoms with Crippen molar-refractivity contribution in [3.8, 4) is 0 Å². The van der Waals surface area contributed by atoms with Crippen LogP contribution in [0, 0.1) is 5.82 Å². The second-order valence-electron chi connectivity index (χ2n) is 5.47. The molecule has 2 aromatic rings. The second-order valence-corrected chi connectivity index (χ2v) is 6.79. The van der Waals surface area contributed by atoms with Gasteiger partial charge in [0.15, 0.2) is 0 Å². The summed E-state index contributed by atoms with van der Waals surface area (Å²) >= 11 is 9.37. The predicted molar refractivity (Wildman–Crippen MR) is 96.4 cm³/mol. The Hall–Kier alpha value is -1.67. The van der Waals surface area contributed by atoms with E-state index >= 15 is 0 Å². The van der Waals surface area contributed by atoms with Gasteiger partial charge < -0.3 is 0 Å². The molecule has 0 aliphatic carbocycles. The largest absolute Gasteiger partial charge is 0.293 e. The zero-order valence-corrected chi connectivity index (χ0v) is 14.9. The van der Waals surface area contributed by atoms with Gasteiger partial charge in [0.25, 0.3) is 0 Å². The van der Waals surface area contributed by atoms with Crippen molar-refractivity contribution in [1.82, 2.24) is 10.4 Å². The molecule has 1 aliphatic rings. The van der Waals surface area contributed by atoms with Crippen LogP contribution < -0.4 is 17.1 Å². The van der Waals surface area contributed by atoms with E-state index in [9.17, 15) is 4.39 Å². The fourth-order valence-corrected chi connectivity index (χ4v) is 3.43. The molecule has 0 aromatic heterocycles. The van der Waals surface area contributed by atoms with Crippen LogP contribution in [0.2, 0.25) is 5.02 Å². The second kappa shape index (κ2) is 7.06. The molecule has 8 heteroatoms. The van der Waals surface area contributed by atoms with Gasteiger partial charge in [-0.15, -0.1) is 0 Å². The normalized spacial score (nSPS) is 20.7. The van der Waals surface area contributed by atoms with Crippen LogP contribution >= 0.6 is 27.5 Å². The third kappa shape index (κ3) is 3.25. The Morgan fingerprint density at radius 1 is 1.29 bits per heavy atom. The Morgan fingerprint density at radius 2 is 2.04 bits per heavy atom. The predicted octanol–water partition coefficient (Wildman–Crippen LogP) is 3.42. The van der Waals surface area contributed by atoms with Crippen molar-refractivity contribution in [3.05, 3.63) is 68.9 Å². The highest BCUT2D eigenvalue weighted by molar-refractivity contribution is 9.10. The van der Waals surface area contributed by atoms with Gasteiger partial charge in [-0.1, -0.05) is 51.8 Å². The van der Waals surface area contributed by atoms with Gasteiger partial charge in [0.2, 0.25) is 5.96 Å². The van der Waals surface area contributed by atoms with Crippen LogP contribution in [0.3, 0.4) is 0 Å². The molecule has 126 valence electrons. The molecular formula is C16H16BrClFN5. The zero-order valence-electron chi connectivity index (χ0n) is 12.6. The Labute approximate surface area is 152 Å². The Morgan fingerprint density at radius 3 is 2.75 bits per heavy atom. The van der Waals surface area contributed by atoms with E-state index in [1.165, 1.54) is 11.1 Å². The van der Waals surface area contributed by atoms with Crippen molar-refractivity contribution in [2.24, 2.45) is 16.7 Å². The number of nitrogens with one attached hydrogen (secondary N) is 1. The molecule has 0 fully saturated rings. The fraction of sp³-hybridized carbons (Fsp3) is 0.188. The first kappa shape index (κ1) is 17.2. The van der Waals surface area contributed by atoms with E-state index in [0.717, 1.165) is 10.0 Å². The Balaban J connectivity index is 2.02. The van der Waals surface area contributed by atoms with Crippen LogP contribution in [0.15, 0.2) is 51.9 Å². The van der Waals surface area contributed by atoms with E-state index in [4.69, 9.17) is 23.3 Å². The summed E-state index contributed by atoms with van der Waals surface area (Å²) in [6.07, 6.45) is 0.495. The molecule has 3 rings (SSSR count). The molecule has 1 heterocycles. The molecule has 2 unspecified atom stereocenters. The highest BCUT2D eigenvalue weighted by Crippen LogP contribution is 2.38. The molecule has 0 saturated heterocycles. The Kier molecular flexibility index (Phi) is 5.05. The lowest BCUT2D eigenvalue weighted by Crippen LogP contribution is -2.52. The molecule has 24 heavy (non-hydrogen) atoms. The summed E-state index contributed by atoms with van der Waals surface area (Å²) in [4.78, 5) is 4.53. The minimum atomic E-state index is -0.481. The van der Waals surface area contributed by atoms with Crippen LogP contribution in [0.25, 0.3) is 0 Å². The lowest BCUT2D eigenvalue weighted by molar-refractivity contribution is 0.254. The van der Waals surface area contributed by atoms with Crippen molar-refractivity contribution >= 4 is 33.5 Å². The molecule has 5 nitrogen and oxygen atoms in total. The summed E-state index contributed by atoms with van der Waals surface area (Å²) in [5.74, 6) is 11.4. The van der Waals surface area contributed by atoms with Gasteiger partial charge in [0.1, 0.15) is 5.82 Å². The summed E-state index contributed by atoms with van der Waals surface area (Å²) in [5, 5.41) is 1.40. The first-order chi connectivity index (χ1) is 11.5. The molecule has 0 amide bonds. The lowest BCUT2D eigenvalue weighted by atomic mass is 9.93. The number of guanidine groups is 1. The number of benzene rings is 2. The summed E-state index contributed by atoms with van der Waals surface area (Å²) < 4.78 is 15.4. The van der Waals surface area contributed by atoms with E-state index in [1.807, 2.05) is 24.3 Å². The monoisotopic (exact) mass is 411 g/mol. The number of halogens is 3. The highest BCUT2D eigenvalue weighted by Gasteiger charge is 2.32. The topological polar surface area (TPSA) is 79.7 Å². The summed E-state index contributed by atoms with van der Waals surface area (Å²) in [7, 11) is 0. The number of hydrogen-bond donors (Lipinski definition) is 3. The van der Waals surface area contributed by atoms with Gasteiger partial charge in [-0.05, 0) is 23.8 Å². The fourth-order valence-electron chi connectivity index (χ4n) is 2.83. The molecular weight excluding hydrogens is 397 g/mol. The minimum absolute atomic E-state index is 0.0599. The average Bonchev–Trinajstić information content (AvgIpc) is 2.58. The van der Waals surface area contributed by atoms with E-state index in [0.29, 0.717) is 12.0 Å². The van der Waals surface area contributed by atoms with Crippen LogP contribution in [0.1, 0.15) is 29.6 Å². The average molecular weight is 413 g/mol. The van der Waals surface area contributed by atoms with Crippen molar-refractivity contribution < 1.29 is 4.39 Å². The van der Waals surface area contributed by atoms with Gasteiger partial charge in [-0.25, -0.2) is 21.1 Å². The van der Waals surface area contributed by atoms with Gasteiger partial charge in [-0.3, -0.25) is 10.4 Å². The van der Waals surface area contributed by atoms with E-state index in [2.05, 4.69) is 26.3 Å². The van der Waals surface area contributed by atoms with Crippen LogP contribution in [0.5, 0.6) is 0 Å². The molecule has 0 spiro atoms. The smallest absolute Gasteiger partial charge is 0.224 e. The van der Waals surface area contributed by atoms with Crippen LogP contribution in [-0.4, -0.2) is 11.0 Å². The number of nitrogens with two attached hydrogens (primary N) is 2. The molecule has 1 aliphatic heterocycles. The van der Waals surface area contributed by atoms with E-state index in [-0.39, 0.29) is 17.0 Å². The number of aliphatic imine (C=N–C) groups is 1. The van der Waals surface area contributed by atoms with E-state index < -0.39 is 11.9 Å². The first-order valence-corrected chi connectivity index (χ1v) is 8.46. The third-order valence-electron chi connectivity index (χ3n) is 4.01. The molecule has 0 saturated carbocycles. The standard InChI is InChI=1S/C16H16BrClFN5/c17-10-4-1-3-9(7-10)13-8-14(24(21)16(22-13)23-20)11-5-2-6-12(18)15(11)19/h1-7,13-14H,8,20-21H2,(H,22,23). The molecule has 2 aromatic carbocycles. The molecule has 2 atom stereocenters. The van der Waals surface area contributed by atoms with Gasteiger partial charge in [-0.2, -0.15) is 0 Å². The first-order valence-electron chi connectivity index (χ1n) is 7.29. The number of nitrogens with zero attached hydrogens (tertiary/aromatic N) is 2. The maximum absolute atomic E-state index is 14.5. The summed E-state index contributed by atoms with van der Waals surface area (Å²) in [6, 6.07) is 12.0. The maximum Gasteiger partial charge on any atom is 0.224 e. The maximum atomic E-state index is 14.5. The third-order valence-corrected chi connectivity index (χ3v) is 4.79. The minimum Gasteiger partial charge on any atom is -0.293 e. The van der Waals surface area contributed by atoms with Crippen molar-refractivity contribution in [3.63, 3.8) is 0 Å². The van der Waals surface area contributed by atoms with E-state index in [1.54, 1.807) is 12.1 Å².